The molecule has 1 fully saturated rings. The molecule has 0 radical (unpaired) electrons. The zero-order chi connectivity index (χ0) is 20.6. The lowest BCUT2D eigenvalue weighted by Gasteiger charge is -2.22. The van der Waals surface area contributed by atoms with Crippen LogP contribution in [0.1, 0.15) is 49.1 Å². The lowest BCUT2D eigenvalue weighted by atomic mass is 9.84. The Balaban J connectivity index is 1.86. The van der Waals surface area contributed by atoms with Crippen LogP contribution in [0.2, 0.25) is 5.02 Å². The molecule has 0 atom stereocenters. The molecule has 0 aromatic heterocycles. The molecule has 2 aromatic carbocycles. The van der Waals surface area contributed by atoms with Crippen molar-refractivity contribution >= 4 is 23.6 Å². The molecule has 0 saturated heterocycles. The zero-order valence-electron chi connectivity index (χ0n) is 16.2. The Kier molecular flexibility index (Phi) is 7.17. The Bertz CT molecular complexity index is 944. The van der Waals surface area contributed by atoms with Crippen LogP contribution >= 0.6 is 11.6 Å². The van der Waals surface area contributed by atoms with Crippen molar-refractivity contribution in [2.45, 2.75) is 38.0 Å². The van der Waals surface area contributed by atoms with Gasteiger partial charge in [0.05, 0.1) is 7.11 Å². The Hall–Kier alpha value is -2.95. The van der Waals surface area contributed by atoms with Crippen molar-refractivity contribution in [1.82, 2.24) is 0 Å². The predicted molar refractivity (Wildman–Crippen MR) is 113 cm³/mol. The number of methoxy groups -OCH3 is 1. The number of ether oxygens (including phenoxy) is 2. The maximum absolute atomic E-state index is 11.8. The predicted octanol–water partition coefficient (Wildman–Crippen LogP) is 7.00. The van der Waals surface area contributed by atoms with E-state index in [1.807, 2.05) is 12.1 Å². The summed E-state index contributed by atoms with van der Waals surface area (Å²) in [5.74, 6) is 0.983. The van der Waals surface area contributed by atoms with Crippen molar-refractivity contribution in [1.29, 1.82) is 0 Å². The van der Waals surface area contributed by atoms with E-state index in [9.17, 15) is 4.79 Å². The van der Waals surface area contributed by atoms with Crippen molar-refractivity contribution < 1.29 is 14.3 Å². The minimum Gasteiger partial charge on any atom is -0.466 e. The number of carbonyl (C=O) groups is 1. The second kappa shape index (κ2) is 10.0. The Morgan fingerprint density at radius 1 is 1.17 bits per heavy atom. The number of rotatable bonds is 6. The summed E-state index contributed by atoms with van der Waals surface area (Å²) >= 11 is 6.12. The van der Waals surface area contributed by atoms with Crippen LogP contribution in [0.3, 0.4) is 0 Å². The summed E-state index contributed by atoms with van der Waals surface area (Å²) in [7, 11) is 1.22. The zero-order valence-corrected chi connectivity index (χ0v) is 16.9. The van der Waals surface area contributed by atoms with Crippen molar-refractivity contribution in [3.63, 3.8) is 0 Å². The Labute approximate surface area is 174 Å². The van der Waals surface area contributed by atoms with Crippen LogP contribution in [0.25, 0.3) is 16.5 Å². The maximum Gasteiger partial charge on any atom is 0.340 e. The quantitative estimate of drug-likeness (QED) is 0.168. The van der Waals surface area contributed by atoms with E-state index in [1.165, 1.54) is 50.9 Å². The topological polar surface area (TPSA) is 84.3 Å². The van der Waals surface area contributed by atoms with E-state index in [-0.39, 0.29) is 5.70 Å². The van der Waals surface area contributed by atoms with Crippen molar-refractivity contribution in [3.8, 4) is 11.5 Å². The molecule has 0 spiro atoms. The van der Waals surface area contributed by atoms with Gasteiger partial charge >= 0.3 is 5.97 Å². The summed E-state index contributed by atoms with van der Waals surface area (Å²) in [5, 5.41) is 3.89. The van der Waals surface area contributed by atoms with Gasteiger partial charge in [-0.2, -0.15) is 0 Å². The van der Waals surface area contributed by atoms with E-state index in [0.29, 0.717) is 28.0 Å². The van der Waals surface area contributed by atoms with Gasteiger partial charge in [0.2, 0.25) is 0 Å². The molecule has 150 valence electrons. The number of hydrogen-bond donors (Lipinski definition) is 0. The second-order valence-electron chi connectivity index (χ2n) is 6.90. The number of esters is 1. The van der Waals surface area contributed by atoms with Crippen LogP contribution < -0.4 is 4.74 Å². The minimum atomic E-state index is -0.736. The highest BCUT2D eigenvalue weighted by Gasteiger charge is 2.16. The first-order valence-corrected chi connectivity index (χ1v) is 9.91. The third-order valence-electron chi connectivity index (χ3n) is 5.00. The van der Waals surface area contributed by atoms with Gasteiger partial charge in [0.15, 0.2) is 0 Å². The van der Waals surface area contributed by atoms with Gasteiger partial charge in [-0.25, -0.2) is 4.79 Å². The van der Waals surface area contributed by atoms with Crippen molar-refractivity contribution in [2.24, 2.45) is 5.11 Å². The number of benzene rings is 2. The molecule has 1 saturated carbocycles. The van der Waals surface area contributed by atoms with Crippen molar-refractivity contribution in [2.75, 3.05) is 7.11 Å². The minimum absolute atomic E-state index is 0.171. The van der Waals surface area contributed by atoms with E-state index in [4.69, 9.17) is 21.9 Å². The van der Waals surface area contributed by atoms with Gasteiger partial charge < -0.3 is 9.47 Å². The monoisotopic (exact) mass is 411 g/mol. The van der Waals surface area contributed by atoms with Gasteiger partial charge in [-0.05, 0) is 60.2 Å². The molecule has 29 heavy (non-hydrogen) atoms. The molecular formula is C22H22ClN3O3. The first kappa shape index (κ1) is 20.8. The molecule has 0 bridgehead atoms. The van der Waals surface area contributed by atoms with Crippen molar-refractivity contribution in [3.05, 3.63) is 74.8 Å². The fraction of sp³-hybridized carbons (Fsp3) is 0.318. The molecule has 0 heterocycles. The average Bonchev–Trinajstić information content (AvgIpc) is 2.75. The molecule has 3 rings (SSSR count). The third-order valence-corrected chi connectivity index (χ3v) is 5.23. The lowest BCUT2D eigenvalue weighted by molar-refractivity contribution is -0.136. The lowest BCUT2D eigenvalue weighted by Crippen LogP contribution is -2.04. The van der Waals surface area contributed by atoms with Gasteiger partial charge in [0.25, 0.3) is 0 Å². The number of nitrogens with zero attached hydrogens (tertiary/aromatic N) is 3. The molecule has 0 aliphatic heterocycles. The maximum atomic E-state index is 11.8. The van der Waals surface area contributed by atoms with E-state index in [2.05, 4.69) is 26.9 Å². The van der Waals surface area contributed by atoms with E-state index in [0.717, 1.165) is 0 Å². The van der Waals surface area contributed by atoms with Crippen LogP contribution in [0, 0.1) is 0 Å². The van der Waals surface area contributed by atoms with Crippen LogP contribution in [-0.2, 0) is 9.53 Å². The number of azide groups is 1. The number of hydrogen-bond acceptors (Lipinski definition) is 4. The Morgan fingerprint density at radius 2 is 1.90 bits per heavy atom. The molecule has 0 amide bonds. The summed E-state index contributed by atoms with van der Waals surface area (Å²) in [5.41, 5.74) is 10.4. The molecular weight excluding hydrogens is 390 g/mol. The summed E-state index contributed by atoms with van der Waals surface area (Å²) in [6.45, 7) is 0. The summed E-state index contributed by atoms with van der Waals surface area (Å²) in [6, 6.07) is 13.1. The van der Waals surface area contributed by atoms with Gasteiger partial charge in [0.1, 0.15) is 17.2 Å². The largest absolute Gasteiger partial charge is 0.466 e. The fourth-order valence-electron chi connectivity index (χ4n) is 3.52. The molecule has 1 aliphatic carbocycles. The van der Waals surface area contributed by atoms with E-state index < -0.39 is 5.97 Å². The van der Waals surface area contributed by atoms with Crippen LogP contribution in [0.15, 0.2) is 53.3 Å². The number of carbonyl (C=O) groups excluding carboxylic acids is 1. The van der Waals surface area contributed by atoms with Crippen LogP contribution in [0.5, 0.6) is 11.5 Å². The van der Waals surface area contributed by atoms with Gasteiger partial charge in [-0.15, -0.1) is 0 Å². The third kappa shape index (κ3) is 5.53. The molecule has 6 nitrogen and oxygen atoms in total. The first-order valence-electron chi connectivity index (χ1n) is 9.53. The first-order chi connectivity index (χ1) is 14.1. The second-order valence-corrected chi connectivity index (χ2v) is 7.34. The van der Waals surface area contributed by atoms with Gasteiger partial charge in [0, 0.05) is 21.6 Å². The smallest absolute Gasteiger partial charge is 0.340 e. The summed E-state index contributed by atoms with van der Waals surface area (Å²) in [4.78, 5) is 14.5. The SMILES string of the molecule is COC(=O)/C(=C/c1ccc(Cl)cc1Oc1ccc(C2CCCCC2)cc1)N=[N+]=[N-]. The highest BCUT2D eigenvalue weighted by molar-refractivity contribution is 6.30. The molecule has 1 aliphatic rings. The van der Waals surface area contributed by atoms with Gasteiger partial charge in [-0.3, -0.25) is 0 Å². The van der Waals surface area contributed by atoms with Crippen LogP contribution in [-0.4, -0.2) is 13.1 Å². The summed E-state index contributed by atoms with van der Waals surface area (Å²) in [6.07, 6.45) is 7.78. The van der Waals surface area contributed by atoms with E-state index in [1.54, 1.807) is 18.2 Å². The molecule has 7 heteroatoms. The normalized spacial score (nSPS) is 14.8. The fourth-order valence-corrected chi connectivity index (χ4v) is 3.68. The molecule has 0 N–H and O–H groups in total. The summed E-state index contributed by atoms with van der Waals surface area (Å²) < 4.78 is 10.7. The molecule has 0 unspecified atom stereocenters. The Morgan fingerprint density at radius 3 is 2.55 bits per heavy atom. The highest BCUT2D eigenvalue weighted by Crippen LogP contribution is 2.35. The molecule has 2 aromatic rings. The standard InChI is InChI=1S/C22H22ClN3O3/c1-28-22(27)20(25-26-24)13-17-7-10-18(23)14-21(17)29-19-11-8-16(9-12-19)15-5-3-2-4-6-15/h7-15H,2-6H2,1H3/b20-13-. The average molecular weight is 412 g/mol. The van der Waals surface area contributed by atoms with Gasteiger partial charge in [-0.1, -0.05) is 48.1 Å². The van der Waals surface area contributed by atoms with E-state index >= 15 is 0 Å². The highest BCUT2D eigenvalue weighted by atomic mass is 35.5. The van der Waals surface area contributed by atoms with Crippen LogP contribution in [0.4, 0.5) is 0 Å². The number of halogens is 1.